The minimum absolute atomic E-state index is 0.852. The minimum Gasteiger partial charge on any atom is -0.316 e. The molecule has 0 spiro atoms. The Morgan fingerprint density at radius 2 is 2.15 bits per heavy atom. The van der Waals surface area contributed by atoms with Gasteiger partial charge in [-0.05, 0) is 31.2 Å². The van der Waals surface area contributed by atoms with E-state index in [1.54, 1.807) is 5.57 Å². The number of hydrogen-bond donors (Lipinski definition) is 1. The van der Waals surface area contributed by atoms with Gasteiger partial charge in [0, 0.05) is 6.54 Å². The summed E-state index contributed by atoms with van der Waals surface area (Å²) in [5.41, 5.74) is 1.70. The first-order valence-corrected chi connectivity index (χ1v) is 5.73. The molecular formula is C12H23N. The van der Waals surface area contributed by atoms with Gasteiger partial charge >= 0.3 is 0 Å². The van der Waals surface area contributed by atoms with E-state index in [4.69, 9.17) is 0 Å². The Bertz CT molecular complexity index is 172. The minimum atomic E-state index is 0.852. The highest BCUT2D eigenvalue weighted by Crippen LogP contribution is 2.41. The molecule has 0 amide bonds. The van der Waals surface area contributed by atoms with Crippen molar-refractivity contribution < 1.29 is 0 Å². The predicted molar refractivity (Wildman–Crippen MR) is 58.8 cm³/mol. The summed E-state index contributed by atoms with van der Waals surface area (Å²) in [7, 11) is 0. The average Bonchev–Trinajstić information content (AvgIpc) is 2.12. The summed E-state index contributed by atoms with van der Waals surface area (Å²) in [6.45, 7) is 9.03. The van der Waals surface area contributed by atoms with Gasteiger partial charge in [-0.3, -0.25) is 0 Å². The van der Waals surface area contributed by atoms with E-state index < -0.39 is 0 Å². The van der Waals surface area contributed by atoms with Gasteiger partial charge in [0.25, 0.3) is 0 Å². The summed E-state index contributed by atoms with van der Waals surface area (Å²) in [6, 6.07) is 0. The summed E-state index contributed by atoms with van der Waals surface area (Å²) in [5, 5.41) is 3.46. The Hall–Kier alpha value is -0.300. The van der Waals surface area contributed by atoms with Crippen molar-refractivity contribution in [3.63, 3.8) is 0 Å². The van der Waals surface area contributed by atoms with Gasteiger partial charge in [0.15, 0.2) is 0 Å². The number of allylic oxidation sites excluding steroid dienone is 1. The fourth-order valence-corrected chi connectivity index (χ4v) is 2.26. The SMILES string of the molecule is CC/C=C1\CC(CC)C1CNCC. The standard InChI is InChI=1S/C12H23N/c1-4-7-11-8-10(5-2)12(11)9-13-6-3/h7,10,12-13H,4-6,8-9H2,1-3H3/b11-7+. The average molecular weight is 181 g/mol. The first-order chi connectivity index (χ1) is 6.33. The summed E-state index contributed by atoms with van der Waals surface area (Å²) in [5.74, 6) is 1.81. The molecule has 0 aliphatic heterocycles. The van der Waals surface area contributed by atoms with Crippen molar-refractivity contribution in [3.05, 3.63) is 11.6 Å². The van der Waals surface area contributed by atoms with Gasteiger partial charge < -0.3 is 5.32 Å². The van der Waals surface area contributed by atoms with E-state index in [0.29, 0.717) is 0 Å². The van der Waals surface area contributed by atoms with Crippen molar-refractivity contribution in [2.75, 3.05) is 13.1 Å². The second kappa shape index (κ2) is 5.43. The fraction of sp³-hybridized carbons (Fsp3) is 0.833. The maximum absolute atomic E-state index is 3.46. The van der Waals surface area contributed by atoms with Crippen LogP contribution >= 0.6 is 0 Å². The van der Waals surface area contributed by atoms with Gasteiger partial charge in [-0.1, -0.05) is 38.8 Å². The molecule has 0 aromatic carbocycles. The summed E-state index contributed by atoms with van der Waals surface area (Å²) < 4.78 is 0. The van der Waals surface area contributed by atoms with Crippen LogP contribution in [0.25, 0.3) is 0 Å². The molecule has 0 aromatic heterocycles. The van der Waals surface area contributed by atoms with Crippen LogP contribution in [0.1, 0.15) is 40.0 Å². The predicted octanol–water partition coefficient (Wildman–Crippen LogP) is 2.98. The zero-order valence-corrected chi connectivity index (χ0v) is 9.27. The number of hydrogen-bond acceptors (Lipinski definition) is 1. The van der Waals surface area contributed by atoms with E-state index in [-0.39, 0.29) is 0 Å². The van der Waals surface area contributed by atoms with Crippen LogP contribution in [0.5, 0.6) is 0 Å². The molecule has 1 aliphatic rings. The van der Waals surface area contributed by atoms with Crippen LogP contribution in [-0.4, -0.2) is 13.1 Å². The molecule has 1 fully saturated rings. The summed E-state index contributed by atoms with van der Waals surface area (Å²) >= 11 is 0. The summed E-state index contributed by atoms with van der Waals surface area (Å²) in [4.78, 5) is 0. The van der Waals surface area contributed by atoms with Crippen molar-refractivity contribution in [2.45, 2.75) is 40.0 Å². The molecule has 1 heteroatoms. The maximum atomic E-state index is 3.46. The van der Waals surface area contributed by atoms with Crippen LogP contribution in [0.15, 0.2) is 11.6 Å². The quantitative estimate of drug-likeness (QED) is 0.643. The third-order valence-electron chi connectivity index (χ3n) is 3.15. The monoisotopic (exact) mass is 181 g/mol. The van der Waals surface area contributed by atoms with Crippen LogP contribution in [0.2, 0.25) is 0 Å². The van der Waals surface area contributed by atoms with Gasteiger partial charge in [-0.15, -0.1) is 0 Å². The van der Waals surface area contributed by atoms with Gasteiger partial charge in [-0.25, -0.2) is 0 Å². The zero-order chi connectivity index (χ0) is 9.68. The Balaban J connectivity index is 2.39. The van der Waals surface area contributed by atoms with Crippen LogP contribution in [0.4, 0.5) is 0 Å². The van der Waals surface area contributed by atoms with Crippen molar-refractivity contribution >= 4 is 0 Å². The molecule has 76 valence electrons. The van der Waals surface area contributed by atoms with Crippen LogP contribution in [-0.2, 0) is 0 Å². The maximum Gasteiger partial charge on any atom is 0.00195 e. The lowest BCUT2D eigenvalue weighted by Gasteiger charge is -2.40. The molecule has 0 bridgehead atoms. The van der Waals surface area contributed by atoms with Crippen LogP contribution in [0, 0.1) is 11.8 Å². The molecular weight excluding hydrogens is 158 g/mol. The lowest BCUT2D eigenvalue weighted by molar-refractivity contribution is 0.257. The van der Waals surface area contributed by atoms with E-state index in [1.165, 1.54) is 25.8 Å². The van der Waals surface area contributed by atoms with Gasteiger partial charge in [-0.2, -0.15) is 0 Å². The lowest BCUT2D eigenvalue weighted by atomic mass is 9.67. The Morgan fingerprint density at radius 1 is 1.38 bits per heavy atom. The molecule has 13 heavy (non-hydrogen) atoms. The zero-order valence-electron chi connectivity index (χ0n) is 9.27. The topological polar surface area (TPSA) is 12.0 Å². The first kappa shape index (κ1) is 10.8. The highest BCUT2D eigenvalue weighted by atomic mass is 14.9. The second-order valence-electron chi connectivity index (χ2n) is 3.97. The van der Waals surface area contributed by atoms with E-state index in [1.807, 2.05) is 0 Å². The van der Waals surface area contributed by atoms with Gasteiger partial charge in [0.2, 0.25) is 0 Å². The molecule has 1 rings (SSSR count). The Kier molecular flexibility index (Phi) is 4.51. The molecule has 1 nitrogen and oxygen atoms in total. The third-order valence-corrected chi connectivity index (χ3v) is 3.15. The Morgan fingerprint density at radius 3 is 2.69 bits per heavy atom. The van der Waals surface area contributed by atoms with E-state index in [9.17, 15) is 0 Å². The van der Waals surface area contributed by atoms with Crippen molar-refractivity contribution in [1.29, 1.82) is 0 Å². The number of nitrogens with one attached hydrogen (secondary N) is 1. The van der Waals surface area contributed by atoms with E-state index in [0.717, 1.165) is 18.4 Å². The second-order valence-corrected chi connectivity index (χ2v) is 3.97. The molecule has 0 saturated heterocycles. The Labute approximate surface area is 82.6 Å². The van der Waals surface area contributed by atoms with Crippen molar-refractivity contribution in [2.24, 2.45) is 11.8 Å². The van der Waals surface area contributed by atoms with Crippen molar-refractivity contribution in [3.8, 4) is 0 Å². The van der Waals surface area contributed by atoms with Gasteiger partial charge in [0.05, 0.1) is 0 Å². The van der Waals surface area contributed by atoms with E-state index in [2.05, 4.69) is 32.2 Å². The molecule has 0 radical (unpaired) electrons. The summed E-state index contributed by atoms with van der Waals surface area (Å²) in [6.07, 6.45) is 6.33. The highest BCUT2D eigenvalue weighted by molar-refractivity contribution is 5.19. The largest absolute Gasteiger partial charge is 0.316 e. The van der Waals surface area contributed by atoms with Crippen molar-refractivity contribution in [1.82, 2.24) is 5.32 Å². The number of rotatable bonds is 5. The lowest BCUT2D eigenvalue weighted by Crippen LogP contribution is -2.37. The molecule has 1 aliphatic carbocycles. The molecule has 1 N–H and O–H groups in total. The van der Waals surface area contributed by atoms with Gasteiger partial charge in [0.1, 0.15) is 0 Å². The van der Waals surface area contributed by atoms with Crippen LogP contribution in [0.3, 0.4) is 0 Å². The van der Waals surface area contributed by atoms with Crippen LogP contribution < -0.4 is 5.32 Å². The molecule has 2 unspecified atom stereocenters. The highest BCUT2D eigenvalue weighted by Gasteiger charge is 2.33. The molecule has 0 heterocycles. The smallest absolute Gasteiger partial charge is 0.00195 e. The van der Waals surface area contributed by atoms with E-state index >= 15 is 0 Å². The third kappa shape index (κ3) is 2.57. The molecule has 0 aromatic rings. The fourth-order valence-electron chi connectivity index (χ4n) is 2.26. The normalized spacial score (nSPS) is 30.5. The molecule has 2 atom stereocenters. The first-order valence-electron chi connectivity index (χ1n) is 5.73. The molecule has 1 saturated carbocycles.